The predicted octanol–water partition coefficient (Wildman–Crippen LogP) is 2.60. The Morgan fingerprint density at radius 3 is 2.40 bits per heavy atom. The van der Waals surface area contributed by atoms with Crippen LogP contribution in [0.3, 0.4) is 0 Å². The SMILES string of the molecule is CC(N)COCC(C)OCCOCC(C)CCC1CC1. The van der Waals surface area contributed by atoms with Gasteiger partial charge in [-0.2, -0.15) is 0 Å². The average Bonchev–Trinajstić information content (AvgIpc) is 3.19. The van der Waals surface area contributed by atoms with E-state index in [-0.39, 0.29) is 12.1 Å². The summed E-state index contributed by atoms with van der Waals surface area (Å²) in [6, 6.07) is 0.0858. The quantitative estimate of drug-likeness (QED) is 0.529. The summed E-state index contributed by atoms with van der Waals surface area (Å²) in [5.41, 5.74) is 5.61. The Morgan fingerprint density at radius 2 is 1.75 bits per heavy atom. The van der Waals surface area contributed by atoms with Gasteiger partial charge in [-0.15, -0.1) is 0 Å². The van der Waals surface area contributed by atoms with Gasteiger partial charge < -0.3 is 19.9 Å². The molecule has 3 unspecified atom stereocenters. The number of ether oxygens (including phenoxy) is 3. The third-order valence-corrected chi connectivity index (χ3v) is 3.53. The Hall–Kier alpha value is -0.160. The van der Waals surface area contributed by atoms with Crippen molar-refractivity contribution in [2.75, 3.05) is 33.0 Å². The molecule has 0 spiro atoms. The van der Waals surface area contributed by atoms with E-state index in [1.807, 2.05) is 13.8 Å². The minimum Gasteiger partial charge on any atom is -0.379 e. The molecule has 3 atom stereocenters. The number of nitrogens with two attached hydrogens (primary N) is 1. The van der Waals surface area contributed by atoms with Gasteiger partial charge in [-0.05, 0) is 32.1 Å². The van der Waals surface area contributed by atoms with Gasteiger partial charge in [0.2, 0.25) is 0 Å². The maximum atomic E-state index is 5.66. The smallest absolute Gasteiger partial charge is 0.0781 e. The molecule has 0 radical (unpaired) electrons. The summed E-state index contributed by atoms with van der Waals surface area (Å²) in [5.74, 6) is 1.69. The molecule has 2 N–H and O–H groups in total. The lowest BCUT2D eigenvalue weighted by atomic mass is 10.0. The first-order valence-electron chi connectivity index (χ1n) is 8.10. The van der Waals surface area contributed by atoms with E-state index >= 15 is 0 Å². The van der Waals surface area contributed by atoms with Crippen LogP contribution in [0.1, 0.15) is 46.5 Å². The van der Waals surface area contributed by atoms with Crippen molar-refractivity contribution < 1.29 is 14.2 Å². The Kier molecular flexibility index (Phi) is 9.44. The Bertz CT molecular complexity index is 232. The van der Waals surface area contributed by atoms with Gasteiger partial charge >= 0.3 is 0 Å². The van der Waals surface area contributed by atoms with Crippen molar-refractivity contribution in [3.05, 3.63) is 0 Å². The lowest BCUT2D eigenvalue weighted by Crippen LogP contribution is -2.26. The van der Waals surface area contributed by atoms with Crippen LogP contribution < -0.4 is 5.73 Å². The lowest BCUT2D eigenvalue weighted by molar-refractivity contribution is -0.0344. The normalized spacial score (nSPS) is 19.8. The minimum absolute atomic E-state index is 0.0858. The zero-order valence-electron chi connectivity index (χ0n) is 13.5. The summed E-state index contributed by atoms with van der Waals surface area (Å²) >= 11 is 0. The molecule has 1 fully saturated rings. The van der Waals surface area contributed by atoms with E-state index in [4.69, 9.17) is 19.9 Å². The first kappa shape index (κ1) is 17.9. The highest BCUT2D eigenvalue weighted by atomic mass is 16.5. The van der Waals surface area contributed by atoms with Crippen molar-refractivity contribution >= 4 is 0 Å². The molecule has 1 rings (SSSR count). The van der Waals surface area contributed by atoms with Crippen molar-refractivity contribution in [3.63, 3.8) is 0 Å². The molecule has 0 aromatic carbocycles. The van der Waals surface area contributed by atoms with Crippen LogP contribution in [0.25, 0.3) is 0 Å². The molecule has 0 aliphatic heterocycles. The molecule has 20 heavy (non-hydrogen) atoms. The number of hydrogen-bond acceptors (Lipinski definition) is 4. The predicted molar refractivity (Wildman–Crippen MR) is 81.8 cm³/mol. The van der Waals surface area contributed by atoms with Crippen molar-refractivity contribution in [1.82, 2.24) is 0 Å². The molecule has 0 saturated heterocycles. The van der Waals surface area contributed by atoms with E-state index in [1.165, 1.54) is 25.7 Å². The third-order valence-electron chi connectivity index (χ3n) is 3.53. The van der Waals surface area contributed by atoms with Crippen LogP contribution in [0.15, 0.2) is 0 Å². The fourth-order valence-corrected chi connectivity index (χ4v) is 2.07. The van der Waals surface area contributed by atoms with Gasteiger partial charge in [-0.3, -0.25) is 0 Å². The molecule has 0 amide bonds. The summed E-state index contributed by atoms with van der Waals surface area (Å²) in [5, 5.41) is 0. The Labute approximate surface area is 124 Å². The molecule has 0 heterocycles. The van der Waals surface area contributed by atoms with Crippen LogP contribution in [0.2, 0.25) is 0 Å². The monoisotopic (exact) mass is 287 g/mol. The van der Waals surface area contributed by atoms with Gasteiger partial charge in [0.1, 0.15) is 0 Å². The van der Waals surface area contributed by atoms with Gasteiger partial charge in [0.15, 0.2) is 0 Å². The standard InChI is InChI=1S/C16H33NO3/c1-13(4-5-16-6-7-16)10-18-8-9-20-15(3)12-19-11-14(2)17/h13-16H,4-12,17H2,1-3H3. The molecule has 4 nitrogen and oxygen atoms in total. The van der Waals surface area contributed by atoms with E-state index in [9.17, 15) is 0 Å². The molecule has 0 bridgehead atoms. The molecule has 0 aromatic heterocycles. The van der Waals surface area contributed by atoms with Crippen molar-refractivity contribution in [3.8, 4) is 0 Å². The van der Waals surface area contributed by atoms with E-state index in [1.54, 1.807) is 0 Å². The van der Waals surface area contributed by atoms with E-state index in [0.29, 0.717) is 32.3 Å². The molecule has 1 saturated carbocycles. The molecule has 120 valence electrons. The maximum absolute atomic E-state index is 5.66. The Balaban J connectivity index is 1.82. The topological polar surface area (TPSA) is 53.7 Å². The van der Waals surface area contributed by atoms with Crippen LogP contribution in [0.5, 0.6) is 0 Å². The maximum Gasteiger partial charge on any atom is 0.0781 e. The van der Waals surface area contributed by atoms with Gasteiger partial charge in [-0.25, -0.2) is 0 Å². The van der Waals surface area contributed by atoms with Crippen molar-refractivity contribution in [2.24, 2.45) is 17.6 Å². The molecule has 4 heteroatoms. The zero-order valence-corrected chi connectivity index (χ0v) is 13.5. The first-order chi connectivity index (χ1) is 9.58. The summed E-state index contributed by atoms with van der Waals surface area (Å²) in [6.07, 6.45) is 5.68. The highest BCUT2D eigenvalue weighted by Crippen LogP contribution is 2.34. The second-order valence-electron chi connectivity index (χ2n) is 6.40. The van der Waals surface area contributed by atoms with Crippen LogP contribution in [0.4, 0.5) is 0 Å². The van der Waals surface area contributed by atoms with E-state index < -0.39 is 0 Å². The molecule has 0 aromatic rings. The molecule has 1 aliphatic rings. The van der Waals surface area contributed by atoms with E-state index in [0.717, 1.165) is 12.5 Å². The second-order valence-corrected chi connectivity index (χ2v) is 6.40. The number of hydrogen-bond donors (Lipinski definition) is 1. The van der Waals surface area contributed by atoms with Crippen LogP contribution in [-0.4, -0.2) is 45.2 Å². The summed E-state index contributed by atoms with van der Waals surface area (Å²) in [6.45, 7) is 9.56. The summed E-state index contributed by atoms with van der Waals surface area (Å²) in [4.78, 5) is 0. The lowest BCUT2D eigenvalue weighted by Gasteiger charge is -2.15. The van der Waals surface area contributed by atoms with Crippen LogP contribution in [0, 0.1) is 11.8 Å². The molecule has 1 aliphatic carbocycles. The molecular formula is C16H33NO3. The fourth-order valence-electron chi connectivity index (χ4n) is 2.07. The van der Waals surface area contributed by atoms with Crippen LogP contribution in [-0.2, 0) is 14.2 Å². The average molecular weight is 287 g/mol. The zero-order chi connectivity index (χ0) is 14.8. The molecular weight excluding hydrogens is 254 g/mol. The van der Waals surface area contributed by atoms with Crippen molar-refractivity contribution in [1.29, 1.82) is 0 Å². The highest BCUT2D eigenvalue weighted by molar-refractivity contribution is 4.73. The van der Waals surface area contributed by atoms with E-state index in [2.05, 4.69) is 6.92 Å². The number of rotatable bonds is 13. The van der Waals surface area contributed by atoms with Gasteiger partial charge in [0, 0.05) is 12.6 Å². The second kappa shape index (κ2) is 10.6. The first-order valence-corrected chi connectivity index (χ1v) is 8.10. The largest absolute Gasteiger partial charge is 0.379 e. The highest BCUT2D eigenvalue weighted by Gasteiger charge is 2.21. The Morgan fingerprint density at radius 1 is 1.00 bits per heavy atom. The fraction of sp³-hybridized carbons (Fsp3) is 1.00. The summed E-state index contributed by atoms with van der Waals surface area (Å²) in [7, 11) is 0. The third kappa shape index (κ3) is 10.6. The van der Waals surface area contributed by atoms with Gasteiger partial charge in [0.05, 0.1) is 32.5 Å². The van der Waals surface area contributed by atoms with Crippen LogP contribution >= 0.6 is 0 Å². The van der Waals surface area contributed by atoms with Crippen molar-refractivity contribution in [2.45, 2.75) is 58.6 Å². The van der Waals surface area contributed by atoms with Gasteiger partial charge in [-0.1, -0.05) is 26.2 Å². The summed E-state index contributed by atoms with van der Waals surface area (Å²) < 4.78 is 16.7. The minimum atomic E-state index is 0.0858. The van der Waals surface area contributed by atoms with Gasteiger partial charge in [0.25, 0.3) is 0 Å².